The highest BCUT2D eigenvalue weighted by Gasteiger charge is 2.10. The van der Waals surface area contributed by atoms with Gasteiger partial charge in [0.2, 0.25) is 5.91 Å². The van der Waals surface area contributed by atoms with Gasteiger partial charge in [0.05, 0.1) is 5.33 Å². The molecule has 0 unspecified atom stereocenters. The maximum absolute atomic E-state index is 11.6. The average molecular weight is 299 g/mol. The van der Waals surface area contributed by atoms with Crippen molar-refractivity contribution in [2.24, 2.45) is 0 Å². The predicted molar refractivity (Wildman–Crippen MR) is 75.7 cm³/mol. The van der Waals surface area contributed by atoms with Gasteiger partial charge < -0.3 is 9.80 Å². The summed E-state index contributed by atoms with van der Waals surface area (Å²) in [4.78, 5) is 15.5. The van der Waals surface area contributed by atoms with Crippen molar-refractivity contribution in [3.63, 3.8) is 0 Å². The van der Waals surface area contributed by atoms with E-state index in [0.29, 0.717) is 11.9 Å². The standard InChI is InChI=1S/C13H19BrN2O/c1-4-16(13(17)9-14)10-11-5-7-12(8-6-11)15(2)3/h5-8H,4,9-10H2,1-3H3. The van der Waals surface area contributed by atoms with Gasteiger partial charge in [0.1, 0.15) is 0 Å². The van der Waals surface area contributed by atoms with Crippen molar-refractivity contribution in [3.8, 4) is 0 Å². The van der Waals surface area contributed by atoms with E-state index < -0.39 is 0 Å². The van der Waals surface area contributed by atoms with Gasteiger partial charge in [-0.25, -0.2) is 0 Å². The Hall–Kier alpha value is -1.03. The maximum atomic E-state index is 11.6. The number of hydrogen-bond donors (Lipinski definition) is 0. The van der Waals surface area contributed by atoms with Crippen LogP contribution in [0.4, 0.5) is 5.69 Å². The summed E-state index contributed by atoms with van der Waals surface area (Å²) < 4.78 is 0. The molecule has 0 fully saturated rings. The van der Waals surface area contributed by atoms with E-state index in [1.165, 1.54) is 5.69 Å². The molecule has 1 amide bonds. The van der Waals surface area contributed by atoms with Crippen LogP contribution < -0.4 is 4.90 Å². The Kier molecular flexibility index (Phi) is 5.48. The van der Waals surface area contributed by atoms with Gasteiger partial charge in [-0.1, -0.05) is 28.1 Å². The van der Waals surface area contributed by atoms with E-state index in [1.54, 1.807) is 0 Å². The Morgan fingerprint density at radius 3 is 2.24 bits per heavy atom. The molecular formula is C13H19BrN2O. The lowest BCUT2D eigenvalue weighted by molar-refractivity contribution is -0.128. The van der Waals surface area contributed by atoms with Crippen LogP contribution in [0.3, 0.4) is 0 Å². The smallest absolute Gasteiger partial charge is 0.233 e. The predicted octanol–water partition coefficient (Wildman–Crippen LogP) is 2.50. The quantitative estimate of drug-likeness (QED) is 0.780. The Bertz CT molecular complexity index is 362. The molecule has 0 radical (unpaired) electrons. The van der Waals surface area contributed by atoms with Gasteiger partial charge in [-0.15, -0.1) is 0 Å². The van der Waals surface area contributed by atoms with Crippen molar-refractivity contribution < 1.29 is 4.79 Å². The molecule has 1 rings (SSSR count). The topological polar surface area (TPSA) is 23.6 Å². The van der Waals surface area contributed by atoms with Crippen LogP contribution in [0.2, 0.25) is 0 Å². The van der Waals surface area contributed by atoms with Gasteiger partial charge in [0.15, 0.2) is 0 Å². The zero-order chi connectivity index (χ0) is 12.8. The van der Waals surface area contributed by atoms with Crippen LogP contribution in [0.5, 0.6) is 0 Å². The number of amides is 1. The molecule has 0 aliphatic rings. The highest BCUT2D eigenvalue weighted by Crippen LogP contribution is 2.13. The fraction of sp³-hybridized carbons (Fsp3) is 0.462. The van der Waals surface area contributed by atoms with Crippen LogP contribution in [0, 0.1) is 0 Å². The minimum Gasteiger partial charge on any atom is -0.378 e. The lowest BCUT2D eigenvalue weighted by atomic mass is 10.2. The first-order valence-electron chi connectivity index (χ1n) is 5.68. The maximum Gasteiger partial charge on any atom is 0.233 e. The lowest BCUT2D eigenvalue weighted by Gasteiger charge is -2.20. The number of alkyl halides is 1. The summed E-state index contributed by atoms with van der Waals surface area (Å²) in [6.45, 7) is 3.41. The number of nitrogens with zero attached hydrogens (tertiary/aromatic N) is 2. The summed E-state index contributed by atoms with van der Waals surface area (Å²) in [6, 6.07) is 8.28. The van der Waals surface area contributed by atoms with Crippen molar-refractivity contribution in [2.45, 2.75) is 13.5 Å². The summed E-state index contributed by atoms with van der Waals surface area (Å²) in [6.07, 6.45) is 0. The van der Waals surface area contributed by atoms with E-state index in [1.807, 2.05) is 25.9 Å². The van der Waals surface area contributed by atoms with Crippen molar-refractivity contribution in [3.05, 3.63) is 29.8 Å². The van der Waals surface area contributed by atoms with Crippen LogP contribution in [0.15, 0.2) is 24.3 Å². The lowest BCUT2D eigenvalue weighted by Crippen LogP contribution is -2.31. The number of halogens is 1. The van der Waals surface area contributed by atoms with E-state index in [9.17, 15) is 4.79 Å². The molecule has 0 bridgehead atoms. The number of benzene rings is 1. The van der Waals surface area contributed by atoms with Gasteiger partial charge in [-0.2, -0.15) is 0 Å². The molecule has 0 aliphatic carbocycles. The second-order valence-corrected chi connectivity index (χ2v) is 4.66. The van der Waals surface area contributed by atoms with E-state index in [-0.39, 0.29) is 5.91 Å². The molecular weight excluding hydrogens is 280 g/mol. The molecule has 0 aliphatic heterocycles. The van der Waals surface area contributed by atoms with Crippen molar-refractivity contribution in [1.29, 1.82) is 0 Å². The van der Waals surface area contributed by atoms with Crippen LogP contribution in [-0.2, 0) is 11.3 Å². The molecule has 0 N–H and O–H groups in total. The van der Waals surface area contributed by atoms with E-state index in [0.717, 1.165) is 12.1 Å². The summed E-state index contributed by atoms with van der Waals surface area (Å²) >= 11 is 3.20. The average Bonchev–Trinajstić information content (AvgIpc) is 2.35. The number of carbonyl (C=O) groups excluding carboxylic acids is 1. The first-order valence-corrected chi connectivity index (χ1v) is 6.80. The minimum atomic E-state index is 0.129. The summed E-state index contributed by atoms with van der Waals surface area (Å²) in [5, 5.41) is 0.386. The number of carbonyl (C=O) groups is 1. The molecule has 0 saturated carbocycles. The zero-order valence-corrected chi connectivity index (χ0v) is 12.2. The highest BCUT2D eigenvalue weighted by atomic mass is 79.9. The van der Waals surface area contributed by atoms with Crippen LogP contribution in [0.1, 0.15) is 12.5 Å². The summed E-state index contributed by atoms with van der Waals surface area (Å²) in [5.74, 6) is 0.129. The molecule has 94 valence electrons. The van der Waals surface area contributed by atoms with Crippen LogP contribution in [0.25, 0.3) is 0 Å². The molecule has 1 aromatic carbocycles. The highest BCUT2D eigenvalue weighted by molar-refractivity contribution is 9.09. The molecule has 0 spiro atoms. The van der Waals surface area contributed by atoms with Crippen LogP contribution in [-0.4, -0.2) is 36.8 Å². The first-order chi connectivity index (χ1) is 8.08. The molecule has 0 saturated heterocycles. The Morgan fingerprint density at radius 1 is 1.24 bits per heavy atom. The third-order valence-corrected chi connectivity index (χ3v) is 3.15. The van der Waals surface area contributed by atoms with Gasteiger partial charge in [-0.3, -0.25) is 4.79 Å². The van der Waals surface area contributed by atoms with Crippen molar-refractivity contribution in [2.75, 3.05) is 30.9 Å². The molecule has 0 heterocycles. The third-order valence-electron chi connectivity index (χ3n) is 2.67. The fourth-order valence-electron chi connectivity index (χ4n) is 1.58. The zero-order valence-electron chi connectivity index (χ0n) is 10.6. The second-order valence-electron chi connectivity index (χ2n) is 4.10. The number of anilines is 1. The molecule has 17 heavy (non-hydrogen) atoms. The van der Waals surface area contributed by atoms with E-state index in [2.05, 4.69) is 45.1 Å². The van der Waals surface area contributed by atoms with Gasteiger partial charge in [0.25, 0.3) is 0 Å². The largest absolute Gasteiger partial charge is 0.378 e. The normalized spacial score (nSPS) is 10.1. The van der Waals surface area contributed by atoms with Gasteiger partial charge in [-0.05, 0) is 24.6 Å². The third kappa shape index (κ3) is 4.04. The molecule has 0 aromatic heterocycles. The fourth-order valence-corrected chi connectivity index (χ4v) is 1.94. The number of hydrogen-bond acceptors (Lipinski definition) is 2. The Balaban J connectivity index is 2.70. The monoisotopic (exact) mass is 298 g/mol. The first kappa shape index (κ1) is 14.0. The van der Waals surface area contributed by atoms with Gasteiger partial charge in [0, 0.05) is 32.9 Å². The molecule has 4 heteroatoms. The minimum absolute atomic E-state index is 0.129. The van der Waals surface area contributed by atoms with Crippen molar-refractivity contribution >= 4 is 27.5 Å². The number of rotatable bonds is 5. The van der Waals surface area contributed by atoms with E-state index >= 15 is 0 Å². The summed E-state index contributed by atoms with van der Waals surface area (Å²) in [7, 11) is 4.03. The molecule has 3 nitrogen and oxygen atoms in total. The SMILES string of the molecule is CCN(Cc1ccc(N(C)C)cc1)C(=O)CBr. The summed E-state index contributed by atoms with van der Waals surface area (Å²) in [5.41, 5.74) is 2.33. The van der Waals surface area contributed by atoms with Gasteiger partial charge >= 0.3 is 0 Å². The van der Waals surface area contributed by atoms with Crippen molar-refractivity contribution in [1.82, 2.24) is 4.90 Å². The Labute approximate surface area is 112 Å². The van der Waals surface area contributed by atoms with Crippen LogP contribution >= 0.6 is 15.9 Å². The Morgan fingerprint density at radius 2 is 1.82 bits per heavy atom. The molecule has 1 aromatic rings. The molecule has 0 atom stereocenters. The second kappa shape index (κ2) is 6.64. The van der Waals surface area contributed by atoms with E-state index in [4.69, 9.17) is 0 Å².